The summed E-state index contributed by atoms with van der Waals surface area (Å²) in [6.07, 6.45) is 6.33. The lowest BCUT2D eigenvalue weighted by atomic mass is 9.97. The van der Waals surface area contributed by atoms with E-state index in [0.29, 0.717) is 5.41 Å². The normalized spacial score (nSPS) is 12.0. The van der Waals surface area contributed by atoms with Crippen molar-refractivity contribution in [3.05, 3.63) is 18.0 Å². The van der Waals surface area contributed by atoms with Crippen molar-refractivity contribution in [2.24, 2.45) is 12.5 Å². The summed E-state index contributed by atoms with van der Waals surface area (Å²) in [7, 11) is 1.96. The molecular weight excluding hydrogens is 186 g/mol. The Hall–Kier alpha value is -0.830. The van der Waals surface area contributed by atoms with E-state index in [4.69, 9.17) is 0 Å². The van der Waals surface area contributed by atoms with Crippen LogP contribution in [0.2, 0.25) is 0 Å². The van der Waals surface area contributed by atoms with E-state index >= 15 is 0 Å². The van der Waals surface area contributed by atoms with Gasteiger partial charge < -0.3 is 5.32 Å². The number of hydrogen-bond donors (Lipinski definition) is 1. The van der Waals surface area contributed by atoms with E-state index in [-0.39, 0.29) is 0 Å². The largest absolute Gasteiger partial charge is 0.316 e. The second kappa shape index (κ2) is 5.31. The van der Waals surface area contributed by atoms with Crippen LogP contribution in [0, 0.1) is 5.41 Å². The Bertz CT molecular complexity index is 283. The molecule has 0 aliphatic carbocycles. The number of hydrogen-bond acceptors (Lipinski definition) is 2. The van der Waals surface area contributed by atoms with Gasteiger partial charge in [0, 0.05) is 13.2 Å². The number of rotatable bonds is 5. The second-order valence-electron chi connectivity index (χ2n) is 5.36. The molecule has 0 unspecified atom stereocenters. The number of aryl methyl sites for hydroxylation is 2. The van der Waals surface area contributed by atoms with Gasteiger partial charge in [0.2, 0.25) is 0 Å². The van der Waals surface area contributed by atoms with Crippen molar-refractivity contribution >= 4 is 0 Å². The fourth-order valence-corrected chi connectivity index (χ4v) is 1.48. The van der Waals surface area contributed by atoms with Gasteiger partial charge in [-0.2, -0.15) is 5.10 Å². The van der Waals surface area contributed by atoms with Gasteiger partial charge in [0.05, 0.1) is 6.20 Å². The molecule has 0 fully saturated rings. The van der Waals surface area contributed by atoms with E-state index < -0.39 is 0 Å². The topological polar surface area (TPSA) is 29.9 Å². The van der Waals surface area contributed by atoms with Crippen LogP contribution in [-0.2, 0) is 13.5 Å². The van der Waals surface area contributed by atoms with Crippen molar-refractivity contribution in [2.75, 3.05) is 13.1 Å². The van der Waals surface area contributed by atoms with Crippen molar-refractivity contribution in [3.63, 3.8) is 0 Å². The Balaban J connectivity index is 2.07. The average molecular weight is 209 g/mol. The van der Waals surface area contributed by atoms with Crippen molar-refractivity contribution in [1.29, 1.82) is 0 Å². The van der Waals surface area contributed by atoms with Crippen molar-refractivity contribution < 1.29 is 0 Å². The molecule has 0 atom stereocenters. The number of nitrogens with zero attached hydrogens (tertiary/aromatic N) is 2. The van der Waals surface area contributed by atoms with Crippen LogP contribution in [0.4, 0.5) is 0 Å². The lowest BCUT2D eigenvalue weighted by Gasteiger charge is -2.18. The molecule has 86 valence electrons. The van der Waals surface area contributed by atoms with E-state index in [1.807, 2.05) is 17.9 Å². The Kier molecular flexibility index (Phi) is 4.33. The highest BCUT2D eigenvalue weighted by atomic mass is 15.2. The molecule has 1 aromatic rings. The summed E-state index contributed by atoms with van der Waals surface area (Å²) in [6, 6.07) is 0. The Labute approximate surface area is 92.9 Å². The first-order valence-electron chi connectivity index (χ1n) is 5.66. The Morgan fingerprint density at radius 1 is 1.40 bits per heavy atom. The van der Waals surface area contributed by atoms with Crippen LogP contribution in [0.15, 0.2) is 12.4 Å². The van der Waals surface area contributed by atoms with Gasteiger partial charge in [-0.25, -0.2) is 0 Å². The zero-order valence-corrected chi connectivity index (χ0v) is 10.4. The molecule has 0 aliphatic rings. The molecule has 15 heavy (non-hydrogen) atoms. The molecular formula is C12H23N3. The van der Waals surface area contributed by atoms with Crippen LogP contribution < -0.4 is 5.32 Å². The lowest BCUT2D eigenvalue weighted by molar-refractivity contribution is 0.379. The summed E-state index contributed by atoms with van der Waals surface area (Å²) in [4.78, 5) is 0. The molecule has 0 spiro atoms. The molecule has 0 aromatic carbocycles. The SMILES string of the molecule is Cn1cc(CCCNCC(C)(C)C)cn1. The van der Waals surface area contributed by atoms with Gasteiger partial charge >= 0.3 is 0 Å². The first kappa shape index (κ1) is 12.2. The molecule has 1 aromatic heterocycles. The molecule has 0 bridgehead atoms. The van der Waals surface area contributed by atoms with Crippen LogP contribution in [-0.4, -0.2) is 22.9 Å². The third-order valence-electron chi connectivity index (χ3n) is 2.23. The zero-order chi connectivity index (χ0) is 11.3. The van der Waals surface area contributed by atoms with E-state index in [1.165, 1.54) is 12.0 Å². The van der Waals surface area contributed by atoms with Crippen LogP contribution in [0.3, 0.4) is 0 Å². The summed E-state index contributed by atoms with van der Waals surface area (Å²) < 4.78 is 1.86. The number of nitrogens with one attached hydrogen (secondary N) is 1. The van der Waals surface area contributed by atoms with Gasteiger partial charge in [0.25, 0.3) is 0 Å². The van der Waals surface area contributed by atoms with Gasteiger partial charge in [0.1, 0.15) is 0 Å². The Morgan fingerprint density at radius 3 is 2.67 bits per heavy atom. The van der Waals surface area contributed by atoms with Crippen LogP contribution in [0.5, 0.6) is 0 Å². The standard InChI is InChI=1S/C12H23N3/c1-12(2,3)10-13-7-5-6-11-8-14-15(4)9-11/h8-9,13H,5-7,10H2,1-4H3. The molecule has 1 N–H and O–H groups in total. The van der Waals surface area contributed by atoms with E-state index in [9.17, 15) is 0 Å². The quantitative estimate of drug-likeness (QED) is 0.752. The smallest absolute Gasteiger partial charge is 0.0521 e. The molecule has 0 saturated heterocycles. The highest BCUT2D eigenvalue weighted by molar-refractivity contribution is 5.03. The van der Waals surface area contributed by atoms with Crippen molar-refractivity contribution in [3.8, 4) is 0 Å². The first-order valence-corrected chi connectivity index (χ1v) is 5.66. The molecule has 1 heterocycles. The van der Waals surface area contributed by atoms with Crippen molar-refractivity contribution in [2.45, 2.75) is 33.6 Å². The Morgan fingerprint density at radius 2 is 2.13 bits per heavy atom. The zero-order valence-electron chi connectivity index (χ0n) is 10.4. The minimum Gasteiger partial charge on any atom is -0.316 e. The summed E-state index contributed by atoms with van der Waals surface area (Å²) in [5.41, 5.74) is 1.71. The minimum atomic E-state index is 0.383. The number of aromatic nitrogens is 2. The van der Waals surface area contributed by atoms with Gasteiger partial charge in [-0.3, -0.25) is 4.68 Å². The first-order chi connectivity index (χ1) is 6.97. The van der Waals surface area contributed by atoms with Gasteiger partial charge in [-0.05, 0) is 36.9 Å². The maximum atomic E-state index is 4.15. The summed E-state index contributed by atoms with van der Waals surface area (Å²) in [5.74, 6) is 0. The van der Waals surface area contributed by atoms with E-state index in [2.05, 4.69) is 37.4 Å². The molecule has 3 heteroatoms. The fraction of sp³-hybridized carbons (Fsp3) is 0.750. The third-order valence-corrected chi connectivity index (χ3v) is 2.23. The fourth-order valence-electron chi connectivity index (χ4n) is 1.48. The average Bonchev–Trinajstić information content (AvgIpc) is 2.49. The van der Waals surface area contributed by atoms with Gasteiger partial charge in [-0.1, -0.05) is 20.8 Å². The minimum absolute atomic E-state index is 0.383. The predicted molar refractivity (Wildman–Crippen MR) is 63.9 cm³/mol. The molecule has 0 radical (unpaired) electrons. The van der Waals surface area contributed by atoms with Gasteiger partial charge in [-0.15, -0.1) is 0 Å². The summed E-state index contributed by atoms with van der Waals surface area (Å²) in [5, 5.41) is 7.63. The van der Waals surface area contributed by atoms with Crippen LogP contribution in [0.25, 0.3) is 0 Å². The predicted octanol–water partition coefficient (Wildman–Crippen LogP) is 1.99. The summed E-state index contributed by atoms with van der Waals surface area (Å²) >= 11 is 0. The molecule has 1 rings (SSSR count). The highest BCUT2D eigenvalue weighted by Gasteiger charge is 2.08. The molecule has 0 aliphatic heterocycles. The van der Waals surface area contributed by atoms with Crippen LogP contribution in [0.1, 0.15) is 32.8 Å². The highest BCUT2D eigenvalue weighted by Crippen LogP contribution is 2.10. The second-order valence-corrected chi connectivity index (χ2v) is 5.36. The van der Waals surface area contributed by atoms with Crippen LogP contribution >= 0.6 is 0 Å². The monoisotopic (exact) mass is 209 g/mol. The van der Waals surface area contributed by atoms with E-state index in [0.717, 1.165) is 19.5 Å². The maximum absolute atomic E-state index is 4.15. The van der Waals surface area contributed by atoms with Gasteiger partial charge in [0.15, 0.2) is 0 Å². The van der Waals surface area contributed by atoms with E-state index in [1.54, 1.807) is 0 Å². The lowest BCUT2D eigenvalue weighted by Crippen LogP contribution is -2.27. The van der Waals surface area contributed by atoms with Crippen molar-refractivity contribution in [1.82, 2.24) is 15.1 Å². The molecule has 0 amide bonds. The molecule has 3 nitrogen and oxygen atoms in total. The molecule has 0 saturated carbocycles. The maximum Gasteiger partial charge on any atom is 0.0521 e. The summed E-state index contributed by atoms with van der Waals surface area (Å²) in [6.45, 7) is 8.93. The third kappa shape index (κ3) is 5.57.